The Balaban J connectivity index is 2.75. The molecule has 124 valence electrons. The first kappa shape index (κ1) is 19.1. The maximum atomic E-state index is 11.9. The Hall–Kier alpha value is -0.930. The van der Waals surface area contributed by atoms with Gasteiger partial charge in [0.1, 0.15) is 0 Å². The SMILES string of the molecule is CC(C)(CNS(=O)(=O)C=Cc1ccccc1Cl)NS(C)(=O)=O. The quantitative estimate of drug-likeness (QED) is 0.765. The van der Waals surface area contributed by atoms with Crippen molar-refractivity contribution in [1.82, 2.24) is 9.44 Å². The summed E-state index contributed by atoms with van der Waals surface area (Å²) < 4.78 is 50.9. The van der Waals surface area contributed by atoms with Gasteiger partial charge in [-0.1, -0.05) is 29.8 Å². The van der Waals surface area contributed by atoms with Crippen LogP contribution in [0.4, 0.5) is 0 Å². The third kappa shape index (κ3) is 7.37. The second-order valence-electron chi connectivity index (χ2n) is 5.45. The summed E-state index contributed by atoms with van der Waals surface area (Å²) in [6, 6.07) is 6.82. The predicted molar refractivity (Wildman–Crippen MR) is 89.5 cm³/mol. The third-order valence-corrected chi connectivity index (χ3v) is 4.82. The molecule has 1 aromatic carbocycles. The van der Waals surface area contributed by atoms with Crippen LogP contribution in [0.2, 0.25) is 5.02 Å². The van der Waals surface area contributed by atoms with Crippen LogP contribution in [0.15, 0.2) is 29.7 Å². The number of rotatable bonds is 7. The van der Waals surface area contributed by atoms with E-state index in [1.807, 2.05) is 0 Å². The molecule has 1 rings (SSSR count). The molecule has 9 heteroatoms. The van der Waals surface area contributed by atoms with Crippen molar-refractivity contribution in [3.8, 4) is 0 Å². The minimum atomic E-state index is -3.71. The summed E-state index contributed by atoms with van der Waals surface area (Å²) >= 11 is 5.93. The summed E-state index contributed by atoms with van der Waals surface area (Å²) in [7, 11) is -7.14. The predicted octanol–water partition coefficient (Wildman–Crippen LogP) is 1.56. The molecule has 2 N–H and O–H groups in total. The maximum Gasteiger partial charge on any atom is 0.233 e. The van der Waals surface area contributed by atoms with Gasteiger partial charge in [-0.3, -0.25) is 0 Å². The van der Waals surface area contributed by atoms with Crippen molar-refractivity contribution in [1.29, 1.82) is 0 Å². The fourth-order valence-electron chi connectivity index (χ4n) is 1.64. The number of sulfonamides is 2. The molecule has 0 aromatic heterocycles. The molecule has 6 nitrogen and oxygen atoms in total. The lowest BCUT2D eigenvalue weighted by Crippen LogP contribution is -2.50. The molecule has 0 radical (unpaired) electrons. The topological polar surface area (TPSA) is 92.3 Å². The Morgan fingerprint density at radius 3 is 2.32 bits per heavy atom. The van der Waals surface area contributed by atoms with Gasteiger partial charge in [-0.25, -0.2) is 26.3 Å². The van der Waals surface area contributed by atoms with E-state index in [9.17, 15) is 16.8 Å². The minimum Gasteiger partial charge on any atom is -0.213 e. The Kier molecular flexibility index (Phi) is 6.17. The molecule has 0 atom stereocenters. The molecule has 0 bridgehead atoms. The highest BCUT2D eigenvalue weighted by atomic mass is 35.5. The van der Waals surface area contributed by atoms with E-state index in [4.69, 9.17) is 11.6 Å². The molecule has 0 aliphatic rings. The van der Waals surface area contributed by atoms with Gasteiger partial charge >= 0.3 is 0 Å². The van der Waals surface area contributed by atoms with E-state index < -0.39 is 25.6 Å². The molecular formula is C13H19ClN2O4S2. The normalized spacial score (nSPS) is 13.6. The lowest BCUT2D eigenvalue weighted by atomic mass is 10.1. The molecule has 22 heavy (non-hydrogen) atoms. The average Bonchev–Trinajstić information content (AvgIpc) is 2.33. The summed E-state index contributed by atoms with van der Waals surface area (Å²) in [6.45, 7) is 3.07. The van der Waals surface area contributed by atoms with Gasteiger partial charge in [0, 0.05) is 22.5 Å². The molecule has 0 heterocycles. The molecular weight excluding hydrogens is 348 g/mol. The first-order chi connectivity index (χ1) is 9.90. The van der Waals surface area contributed by atoms with Crippen molar-refractivity contribution in [3.63, 3.8) is 0 Å². The van der Waals surface area contributed by atoms with E-state index in [2.05, 4.69) is 9.44 Å². The fraction of sp³-hybridized carbons (Fsp3) is 0.385. The highest BCUT2D eigenvalue weighted by molar-refractivity contribution is 7.92. The number of hydrogen-bond donors (Lipinski definition) is 2. The highest BCUT2D eigenvalue weighted by Crippen LogP contribution is 2.16. The van der Waals surface area contributed by atoms with Crippen LogP contribution in [-0.2, 0) is 20.0 Å². The van der Waals surface area contributed by atoms with Crippen LogP contribution >= 0.6 is 11.6 Å². The van der Waals surface area contributed by atoms with Gasteiger partial charge in [0.15, 0.2) is 0 Å². The Morgan fingerprint density at radius 1 is 1.18 bits per heavy atom. The van der Waals surface area contributed by atoms with Crippen molar-refractivity contribution >= 4 is 37.7 Å². The minimum absolute atomic E-state index is 0.0880. The van der Waals surface area contributed by atoms with Crippen molar-refractivity contribution < 1.29 is 16.8 Å². The first-order valence-corrected chi connectivity index (χ1v) is 10.1. The summed E-state index contributed by atoms with van der Waals surface area (Å²) in [4.78, 5) is 0. The molecule has 0 aliphatic carbocycles. The first-order valence-electron chi connectivity index (χ1n) is 6.31. The maximum absolute atomic E-state index is 11.9. The van der Waals surface area contributed by atoms with Crippen molar-refractivity contribution in [2.45, 2.75) is 19.4 Å². The lowest BCUT2D eigenvalue weighted by molar-refractivity contribution is 0.447. The molecule has 0 unspecified atom stereocenters. The zero-order valence-electron chi connectivity index (χ0n) is 12.5. The van der Waals surface area contributed by atoms with E-state index in [0.29, 0.717) is 10.6 Å². The standard InChI is InChI=1S/C13H19ClN2O4S2/c1-13(2,16-21(3,17)18)10-15-22(19,20)9-8-11-6-4-5-7-12(11)14/h4-9,15-16H,10H2,1-3H3. The van der Waals surface area contributed by atoms with Crippen LogP contribution in [0, 0.1) is 0 Å². The fourth-order valence-corrected chi connectivity index (χ4v) is 3.90. The van der Waals surface area contributed by atoms with Gasteiger partial charge in [-0.05, 0) is 31.6 Å². The van der Waals surface area contributed by atoms with Gasteiger partial charge in [-0.2, -0.15) is 0 Å². The Morgan fingerprint density at radius 2 is 1.77 bits per heavy atom. The van der Waals surface area contributed by atoms with Gasteiger partial charge in [0.25, 0.3) is 0 Å². The second kappa shape index (κ2) is 7.10. The van der Waals surface area contributed by atoms with Gasteiger partial charge in [0.2, 0.25) is 20.0 Å². The van der Waals surface area contributed by atoms with Crippen LogP contribution in [0.25, 0.3) is 6.08 Å². The summed E-state index contributed by atoms with van der Waals surface area (Å²) in [5.74, 6) is 0. The zero-order valence-corrected chi connectivity index (χ0v) is 14.9. The van der Waals surface area contributed by atoms with Crippen LogP contribution in [-0.4, -0.2) is 35.2 Å². The van der Waals surface area contributed by atoms with Crippen LogP contribution < -0.4 is 9.44 Å². The number of hydrogen-bond acceptors (Lipinski definition) is 4. The van der Waals surface area contributed by atoms with Gasteiger partial charge < -0.3 is 0 Å². The van der Waals surface area contributed by atoms with E-state index in [1.165, 1.54) is 6.08 Å². The smallest absolute Gasteiger partial charge is 0.213 e. The highest BCUT2D eigenvalue weighted by Gasteiger charge is 2.23. The van der Waals surface area contributed by atoms with Crippen LogP contribution in [0.3, 0.4) is 0 Å². The van der Waals surface area contributed by atoms with E-state index in [0.717, 1.165) is 11.7 Å². The molecule has 0 aliphatic heterocycles. The average molecular weight is 367 g/mol. The van der Waals surface area contributed by atoms with Crippen molar-refractivity contribution in [2.75, 3.05) is 12.8 Å². The van der Waals surface area contributed by atoms with Crippen LogP contribution in [0.1, 0.15) is 19.4 Å². The second-order valence-corrected chi connectivity index (χ2v) is 9.26. The third-order valence-electron chi connectivity index (χ3n) is 2.51. The van der Waals surface area contributed by atoms with E-state index in [1.54, 1.807) is 38.1 Å². The molecule has 0 fully saturated rings. The Labute approximate surface area is 136 Å². The van der Waals surface area contributed by atoms with E-state index in [-0.39, 0.29) is 6.54 Å². The van der Waals surface area contributed by atoms with Crippen LogP contribution in [0.5, 0.6) is 0 Å². The zero-order chi connectivity index (χ0) is 17.0. The molecule has 0 saturated heterocycles. The number of halogens is 1. The number of benzene rings is 1. The monoisotopic (exact) mass is 366 g/mol. The summed E-state index contributed by atoms with van der Waals surface area (Å²) in [6.07, 6.45) is 2.39. The summed E-state index contributed by atoms with van der Waals surface area (Å²) in [5.41, 5.74) is -0.373. The van der Waals surface area contributed by atoms with Gasteiger partial charge in [-0.15, -0.1) is 0 Å². The molecule has 0 amide bonds. The summed E-state index contributed by atoms with van der Waals surface area (Å²) in [5, 5.41) is 1.43. The lowest BCUT2D eigenvalue weighted by Gasteiger charge is -2.24. The van der Waals surface area contributed by atoms with Gasteiger partial charge in [0.05, 0.1) is 6.26 Å². The molecule has 0 spiro atoms. The Bertz CT molecular complexity index is 756. The molecule has 0 saturated carbocycles. The van der Waals surface area contributed by atoms with Crippen molar-refractivity contribution in [3.05, 3.63) is 40.3 Å². The number of nitrogens with one attached hydrogen (secondary N) is 2. The largest absolute Gasteiger partial charge is 0.233 e. The molecule has 1 aromatic rings. The van der Waals surface area contributed by atoms with E-state index >= 15 is 0 Å². The van der Waals surface area contributed by atoms with Crippen molar-refractivity contribution in [2.24, 2.45) is 0 Å².